The molecule has 0 radical (unpaired) electrons. The molecule has 0 saturated carbocycles. The van der Waals surface area contributed by atoms with E-state index >= 15 is 0 Å². The Morgan fingerprint density at radius 2 is 0.438 bits per heavy atom. The van der Waals surface area contributed by atoms with Gasteiger partial charge in [-0.25, -0.2) is 0 Å². The molecule has 0 aliphatic rings. The Balaban J connectivity index is 3.93. The van der Waals surface area contributed by atoms with Gasteiger partial charge in [0.1, 0.15) is 0 Å². The van der Waals surface area contributed by atoms with Crippen molar-refractivity contribution >= 4 is 0 Å². The van der Waals surface area contributed by atoms with E-state index in [0.29, 0.717) is 0 Å². The monoisotopic (exact) mass is 676 g/mol. The lowest BCUT2D eigenvalue weighted by molar-refractivity contribution is 0.254. The lowest BCUT2D eigenvalue weighted by Gasteiger charge is -2.22. The Morgan fingerprint density at radius 1 is 0.250 bits per heavy atom. The normalized spacial score (nSPS) is 11.9. The average Bonchev–Trinajstić information content (AvgIpc) is 3.08. The summed E-state index contributed by atoms with van der Waals surface area (Å²) in [4.78, 5) is 2.87. The van der Waals surface area contributed by atoms with Gasteiger partial charge >= 0.3 is 0 Å². The van der Waals surface area contributed by atoms with Gasteiger partial charge in [-0.05, 0) is 44.8 Å². The molecule has 0 unspecified atom stereocenters. The molecular weight excluding hydrogens is 579 g/mol. The van der Waals surface area contributed by atoms with Crippen LogP contribution in [0.1, 0.15) is 278 Å². The topological polar surface area (TPSA) is 3.24 Å². The zero-order valence-electron chi connectivity index (χ0n) is 34.7. The van der Waals surface area contributed by atoms with Crippen LogP contribution in [0.4, 0.5) is 0 Å². The van der Waals surface area contributed by atoms with Gasteiger partial charge in [0, 0.05) is 0 Å². The van der Waals surface area contributed by atoms with Crippen LogP contribution in [0.2, 0.25) is 0 Å². The maximum absolute atomic E-state index is 2.87. The van der Waals surface area contributed by atoms with Gasteiger partial charge < -0.3 is 4.90 Å². The SMILES string of the molecule is CCCCCCCCCCCCCCCCN(CCCCCCCCCCCCCCCC)CCCCCCCCCCCCC(C)C. The minimum Gasteiger partial charge on any atom is -0.303 e. The van der Waals surface area contributed by atoms with E-state index in [2.05, 4.69) is 32.6 Å². The van der Waals surface area contributed by atoms with Crippen LogP contribution in [0.5, 0.6) is 0 Å². The predicted octanol–water partition coefficient (Wildman–Crippen LogP) is 17.2. The molecule has 0 aromatic carbocycles. The molecule has 0 aromatic heterocycles. The van der Waals surface area contributed by atoms with Gasteiger partial charge in [-0.1, -0.05) is 259 Å². The van der Waals surface area contributed by atoms with Gasteiger partial charge in [0.15, 0.2) is 0 Å². The molecule has 0 atom stereocenters. The minimum atomic E-state index is 0.888. The summed E-state index contributed by atoms with van der Waals surface area (Å²) in [6.07, 6.45) is 57.1. The summed E-state index contributed by atoms with van der Waals surface area (Å²) in [7, 11) is 0. The summed E-state index contributed by atoms with van der Waals surface area (Å²) in [5.41, 5.74) is 0. The third-order valence-corrected chi connectivity index (χ3v) is 11.2. The number of rotatable bonds is 43. The van der Waals surface area contributed by atoms with Crippen LogP contribution in [0, 0.1) is 5.92 Å². The van der Waals surface area contributed by atoms with Gasteiger partial charge in [-0.3, -0.25) is 0 Å². The Kier molecular flexibility index (Phi) is 43.1. The number of nitrogens with zero attached hydrogens (tertiary/aromatic N) is 1. The molecule has 0 saturated heterocycles. The van der Waals surface area contributed by atoms with Crippen LogP contribution >= 0.6 is 0 Å². The van der Waals surface area contributed by atoms with Crippen LogP contribution in [-0.4, -0.2) is 24.5 Å². The van der Waals surface area contributed by atoms with Crippen molar-refractivity contribution in [2.45, 2.75) is 278 Å². The highest BCUT2D eigenvalue weighted by molar-refractivity contribution is 4.61. The molecule has 0 bridgehead atoms. The standard InChI is InChI=1S/C47H97N/c1-5-7-9-11-13-15-17-19-21-24-28-32-36-40-44-48(46-42-38-34-30-26-23-27-31-35-39-43-47(3)4)45-41-37-33-29-25-22-20-18-16-14-12-10-8-6-2/h47H,5-46H2,1-4H3. The average molecular weight is 676 g/mol. The molecule has 0 amide bonds. The summed E-state index contributed by atoms with van der Waals surface area (Å²) in [6, 6.07) is 0. The summed E-state index contributed by atoms with van der Waals surface area (Å²) in [6.45, 7) is 13.5. The molecule has 0 N–H and O–H groups in total. The van der Waals surface area contributed by atoms with Crippen LogP contribution < -0.4 is 0 Å². The van der Waals surface area contributed by atoms with E-state index < -0.39 is 0 Å². The quantitative estimate of drug-likeness (QED) is 0.0581. The Morgan fingerprint density at radius 3 is 0.646 bits per heavy atom. The molecule has 48 heavy (non-hydrogen) atoms. The molecule has 0 fully saturated rings. The van der Waals surface area contributed by atoms with E-state index in [4.69, 9.17) is 0 Å². The van der Waals surface area contributed by atoms with Gasteiger partial charge in [0.25, 0.3) is 0 Å². The zero-order chi connectivity index (χ0) is 34.9. The van der Waals surface area contributed by atoms with Crippen LogP contribution in [0.15, 0.2) is 0 Å². The lowest BCUT2D eigenvalue weighted by atomic mass is 10.0. The highest BCUT2D eigenvalue weighted by atomic mass is 15.1. The van der Waals surface area contributed by atoms with Gasteiger partial charge in [0.05, 0.1) is 0 Å². The van der Waals surface area contributed by atoms with Crippen molar-refractivity contribution in [2.24, 2.45) is 5.92 Å². The maximum Gasteiger partial charge on any atom is -0.00187 e. The summed E-state index contributed by atoms with van der Waals surface area (Å²) in [5.74, 6) is 0.888. The van der Waals surface area contributed by atoms with Crippen LogP contribution in [-0.2, 0) is 0 Å². The largest absolute Gasteiger partial charge is 0.303 e. The molecule has 0 aromatic rings. The van der Waals surface area contributed by atoms with E-state index in [9.17, 15) is 0 Å². The molecule has 0 aliphatic carbocycles. The molecule has 1 heteroatoms. The first-order valence-corrected chi connectivity index (χ1v) is 23.4. The Hall–Kier alpha value is -0.0400. The van der Waals surface area contributed by atoms with E-state index in [1.165, 1.54) is 270 Å². The van der Waals surface area contributed by atoms with Crippen LogP contribution in [0.3, 0.4) is 0 Å². The van der Waals surface area contributed by atoms with Crippen molar-refractivity contribution in [1.29, 1.82) is 0 Å². The molecule has 0 heterocycles. The molecule has 1 nitrogen and oxygen atoms in total. The first kappa shape index (κ1) is 48.0. The fraction of sp³-hybridized carbons (Fsp3) is 1.00. The second-order valence-corrected chi connectivity index (χ2v) is 16.8. The van der Waals surface area contributed by atoms with E-state index in [1.807, 2.05) is 0 Å². The summed E-state index contributed by atoms with van der Waals surface area (Å²) in [5, 5.41) is 0. The molecule has 0 aliphatic heterocycles. The van der Waals surface area contributed by atoms with Crippen LogP contribution in [0.25, 0.3) is 0 Å². The fourth-order valence-electron chi connectivity index (χ4n) is 7.70. The van der Waals surface area contributed by atoms with Crippen molar-refractivity contribution in [3.8, 4) is 0 Å². The highest BCUT2D eigenvalue weighted by Crippen LogP contribution is 2.17. The van der Waals surface area contributed by atoms with E-state index in [0.717, 1.165) is 5.92 Å². The van der Waals surface area contributed by atoms with Gasteiger partial charge in [-0.2, -0.15) is 0 Å². The second-order valence-electron chi connectivity index (χ2n) is 16.8. The van der Waals surface area contributed by atoms with Gasteiger partial charge in [0.2, 0.25) is 0 Å². The summed E-state index contributed by atoms with van der Waals surface area (Å²) < 4.78 is 0. The van der Waals surface area contributed by atoms with Crippen molar-refractivity contribution in [1.82, 2.24) is 4.90 Å². The fourth-order valence-corrected chi connectivity index (χ4v) is 7.70. The van der Waals surface area contributed by atoms with Gasteiger partial charge in [-0.15, -0.1) is 0 Å². The molecule has 0 rings (SSSR count). The predicted molar refractivity (Wildman–Crippen MR) is 223 cm³/mol. The first-order valence-electron chi connectivity index (χ1n) is 23.4. The Bertz CT molecular complexity index is 509. The van der Waals surface area contributed by atoms with E-state index in [-0.39, 0.29) is 0 Å². The Labute approximate surface area is 307 Å². The van der Waals surface area contributed by atoms with Crippen molar-refractivity contribution < 1.29 is 0 Å². The lowest BCUT2D eigenvalue weighted by Crippen LogP contribution is -2.27. The second kappa shape index (κ2) is 43.1. The number of hydrogen-bond donors (Lipinski definition) is 0. The number of hydrogen-bond acceptors (Lipinski definition) is 1. The van der Waals surface area contributed by atoms with Crippen molar-refractivity contribution in [3.05, 3.63) is 0 Å². The molecular formula is C47H97N. The maximum atomic E-state index is 2.87. The third kappa shape index (κ3) is 42.1. The van der Waals surface area contributed by atoms with Crippen molar-refractivity contribution in [2.75, 3.05) is 19.6 Å². The van der Waals surface area contributed by atoms with Crippen molar-refractivity contribution in [3.63, 3.8) is 0 Å². The third-order valence-electron chi connectivity index (χ3n) is 11.2. The molecule has 0 spiro atoms. The first-order chi connectivity index (χ1) is 23.7. The van der Waals surface area contributed by atoms with E-state index in [1.54, 1.807) is 0 Å². The zero-order valence-corrected chi connectivity index (χ0v) is 34.7. The highest BCUT2D eigenvalue weighted by Gasteiger charge is 2.06. The smallest absolute Gasteiger partial charge is 0.00187 e. The summed E-state index contributed by atoms with van der Waals surface area (Å²) >= 11 is 0. The number of unbranched alkanes of at least 4 members (excludes halogenated alkanes) is 35. The molecule has 290 valence electrons. The minimum absolute atomic E-state index is 0.888.